The molecule has 4 aliphatic carbocycles. The molecule has 97 heavy (non-hydrogen) atoms. The zero-order valence-electron chi connectivity index (χ0n) is 55.6. The zero-order valence-corrected chi connectivity index (χ0v) is 56.5. The summed E-state index contributed by atoms with van der Waals surface area (Å²) in [5.41, 5.74) is -4.13. The van der Waals surface area contributed by atoms with Crippen LogP contribution in [-0.2, 0) is 95.1 Å². The Kier molecular flexibility index (Phi) is 33.6. The van der Waals surface area contributed by atoms with Gasteiger partial charge in [-0.25, -0.2) is 4.39 Å². The number of ketones is 2. The second kappa shape index (κ2) is 41.4. The number of carbonyl (C=O) groups excluding carboxylic acids is 5. The van der Waals surface area contributed by atoms with Crippen molar-refractivity contribution in [3.63, 3.8) is 0 Å². The number of amides is 3. The van der Waals surface area contributed by atoms with Crippen molar-refractivity contribution in [3.8, 4) is 11.5 Å². The third-order valence-corrected chi connectivity index (χ3v) is 18.3. The lowest BCUT2D eigenvalue weighted by Crippen LogP contribution is -2.69. The van der Waals surface area contributed by atoms with Crippen LogP contribution < -0.4 is 20.7 Å². The fraction of sp³-hybridized carbons (Fsp3) is 0.676. The van der Waals surface area contributed by atoms with Crippen molar-refractivity contribution >= 4 is 53.6 Å². The molecule has 1 aliphatic heterocycles. The number of aliphatic hydroxyl groups is 2. The van der Waals surface area contributed by atoms with E-state index >= 15 is 4.39 Å². The molecule has 1 saturated heterocycles. The van der Waals surface area contributed by atoms with Gasteiger partial charge in [-0.1, -0.05) is 30.7 Å². The minimum atomic E-state index is -2.09. The summed E-state index contributed by atoms with van der Waals surface area (Å²) >= 11 is 3.92. The van der Waals surface area contributed by atoms with Gasteiger partial charge >= 0.3 is 5.97 Å². The van der Waals surface area contributed by atoms with Gasteiger partial charge in [-0.2, -0.15) is 12.6 Å². The van der Waals surface area contributed by atoms with Crippen LogP contribution in [0.15, 0.2) is 72.3 Å². The molecular weight excluding hydrogens is 1290 g/mol. The lowest BCUT2D eigenvalue weighted by atomic mass is 9.44. The molecule has 0 aromatic heterocycles. The van der Waals surface area contributed by atoms with Crippen molar-refractivity contribution in [2.24, 2.45) is 22.7 Å². The van der Waals surface area contributed by atoms with Gasteiger partial charge in [-0.15, -0.1) is 0 Å². The highest BCUT2D eigenvalue weighted by Crippen LogP contribution is 2.72. The molecule has 4 fully saturated rings. The van der Waals surface area contributed by atoms with Gasteiger partial charge in [0, 0.05) is 47.5 Å². The molecule has 3 amide bonds. The average Bonchev–Trinajstić information content (AvgIpc) is 1.57. The summed E-state index contributed by atoms with van der Waals surface area (Å²) in [6.45, 7) is 12.7. The quantitative estimate of drug-likeness (QED) is 0.0362. The lowest BCUT2D eigenvalue weighted by molar-refractivity contribution is -0.231. The summed E-state index contributed by atoms with van der Waals surface area (Å²) in [6.07, 6.45) is 2.06. The Morgan fingerprint density at radius 3 is 1.59 bits per heavy atom. The van der Waals surface area contributed by atoms with Crippen LogP contribution in [0.4, 0.5) is 10.1 Å². The molecule has 27 nitrogen and oxygen atoms in total. The summed E-state index contributed by atoms with van der Waals surface area (Å²) in [5.74, 6) is -2.96. The van der Waals surface area contributed by atoms with E-state index < -0.39 is 88.4 Å². The maximum absolute atomic E-state index is 17.8. The third kappa shape index (κ3) is 23.1. The number of aliphatic carboxylic acids is 1. The van der Waals surface area contributed by atoms with Gasteiger partial charge in [0.1, 0.15) is 18.1 Å². The van der Waals surface area contributed by atoms with Crippen molar-refractivity contribution in [3.05, 3.63) is 77.9 Å². The van der Waals surface area contributed by atoms with Crippen LogP contribution in [-0.4, -0.2) is 258 Å². The fourth-order valence-corrected chi connectivity index (χ4v) is 13.3. The number of carboxylic acid groups (broad SMARTS) is 1. The van der Waals surface area contributed by atoms with E-state index in [0.29, 0.717) is 206 Å². The molecule has 3 saturated carbocycles. The zero-order chi connectivity index (χ0) is 69.4. The Labute approximate surface area is 571 Å². The second-order valence-corrected chi connectivity index (χ2v) is 24.9. The number of anilines is 1. The fourth-order valence-electron chi connectivity index (χ4n) is 13.1. The predicted molar refractivity (Wildman–Crippen MR) is 349 cm³/mol. The molecule has 2 aromatic carbocycles. The number of Topliss-reactive ketones (excluding diaryl/α,β-unsaturated/α-hetero) is 1. The number of nitrogens with one attached hydrogen (secondary N) is 3. The Hall–Kier alpha value is -5.42. The van der Waals surface area contributed by atoms with Crippen LogP contribution in [0, 0.1) is 22.7 Å². The van der Waals surface area contributed by atoms with Crippen molar-refractivity contribution in [2.75, 3.05) is 184 Å². The number of thiol groups is 1. The summed E-state index contributed by atoms with van der Waals surface area (Å²) in [7, 11) is 0. The number of aliphatic hydroxyl groups excluding tert-OH is 2. The van der Waals surface area contributed by atoms with E-state index in [1.807, 2.05) is 6.92 Å². The smallest absolute Gasteiger partial charge is 0.304 e. The molecule has 6 N–H and O–H groups in total. The SMILES string of the molecule is C[C@]12C=CC(=O)C=C1CC[C@H]1C3C[C@H]4O[C@@H](c5ccc(Oc6ccc(NC(=O)CCOCCOCCOCCOCCOCCOCCOCCOCCOCCOCCOCCOCCNC(=O)CCNC(=O)C(S)CC(=O)O)cc6)cc5)O[C@@]4(C(=O)CO)[C@@]3(C)C[C@H](O)[C@@]12F. The maximum atomic E-state index is 17.8. The predicted octanol–water partition coefficient (Wildman–Crippen LogP) is 4.10. The number of hydrogen-bond acceptors (Lipinski definition) is 24. The summed E-state index contributed by atoms with van der Waals surface area (Å²) in [6, 6.07) is 13.9. The molecule has 7 rings (SSSR count). The summed E-state index contributed by atoms with van der Waals surface area (Å²) in [4.78, 5) is 73.0. The van der Waals surface area contributed by atoms with Crippen molar-refractivity contribution < 1.29 is 120 Å². The molecule has 0 spiro atoms. The van der Waals surface area contributed by atoms with E-state index in [1.165, 1.54) is 12.2 Å². The number of carboxylic acids is 1. The van der Waals surface area contributed by atoms with Crippen LogP contribution in [0.3, 0.4) is 0 Å². The van der Waals surface area contributed by atoms with E-state index in [9.17, 15) is 39.0 Å². The van der Waals surface area contributed by atoms with Crippen molar-refractivity contribution in [2.45, 2.75) is 93.8 Å². The molecule has 0 bridgehead atoms. The summed E-state index contributed by atoms with van der Waals surface area (Å²) in [5, 5.41) is 37.9. The monoisotopic (exact) mass is 1390 g/mol. The molecule has 0 radical (unpaired) electrons. The van der Waals surface area contributed by atoms with Gasteiger partial charge in [0.05, 0.1) is 189 Å². The van der Waals surface area contributed by atoms with E-state index in [1.54, 1.807) is 61.5 Å². The first kappa shape index (κ1) is 78.9. The number of ether oxygens (including phenoxy) is 15. The van der Waals surface area contributed by atoms with Gasteiger partial charge in [-0.05, 0) is 87.1 Å². The first-order chi connectivity index (χ1) is 46.9. The molecule has 542 valence electrons. The number of alkyl halides is 1. The largest absolute Gasteiger partial charge is 0.481 e. The normalized spacial score (nSPS) is 24.9. The highest BCUT2D eigenvalue weighted by Gasteiger charge is 2.79. The molecule has 10 atom stereocenters. The van der Waals surface area contributed by atoms with Crippen LogP contribution in [0.5, 0.6) is 11.5 Å². The number of rotatable bonds is 51. The number of carbonyl (C=O) groups is 6. The third-order valence-electron chi connectivity index (χ3n) is 17.9. The second-order valence-electron chi connectivity index (χ2n) is 24.2. The lowest BCUT2D eigenvalue weighted by Gasteiger charge is -2.62. The first-order valence-electron chi connectivity index (χ1n) is 33.3. The van der Waals surface area contributed by atoms with Crippen LogP contribution in [0.1, 0.15) is 70.6 Å². The average molecular weight is 1390 g/mol. The van der Waals surface area contributed by atoms with E-state index in [2.05, 4.69) is 28.6 Å². The number of allylic oxidation sites excluding steroid dienone is 4. The molecule has 2 aromatic rings. The van der Waals surface area contributed by atoms with E-state index in [-0.39, 0.29) is 50.0 Å². The Balaban J connectivity index is 0.588. The Morgan fingerprint density at radius 2 is 1.10 bits per heavy atom. The molecular formula is C68H98FN3O24S. The summed E-state index contributed by atoms with van der Waals surface area (Å²) < 4.78 is 103. The minimum Gasteiger partial charge on any atom is -0.481 e. The first-order valence-corrected chi connectivity index (χ1v) is 33.8. The van der Waals surface area contributed by atoms with Crippen molar-refractivity contribution in [1.82, 2.24) is 10.6 Å². The van der Waals surface area contributed by atoms with Gasteiger partial charge in [-0.3, -0.25) is 28.8 Å². The van der Waals surface area contributed by atoms with E-state index in [0.717, 1.165) is 0 Å². The minimum absolute atomic E-state index is 0.0513. The molecule has 5 aliphatic rings. The van der Waals surface area contributed by atoms with Gasteiger partial charge in [0.2, 0.25) is 17.7 Å². The Morgan fingerprint density at radius 1 is 0.629 bits per heavy atom. The van der Waals surface area contributed by atoms with Crippen molar-refractivity contribution in [1.29, 1.82) is 0 Å². The highest BCUT2D eigenvalue weighted by atomic mass is 32.1. The topological polar surface area (TPSA) is 338 Å². The molecule has 29 heteroatoms. The van der Waals surface area contributed by atoms with Crippen LogP contribution >= 0.6 is 12.6 Å². The van der Waals surface area contributed by atoms with Crippen LogP contribution in [0.2, 0.25) is 0 Å². The highest BCUT2D eigenvalue weighted by molar-refractivity contribution is 7.81. The standard InChI is InChI=1S/C68H98FN3O24S/c1-65-16-13-51(74)43-49(65)5-12-54-55-44-59-68(58(76)47-73,66(55,2)46-57(75)67(54,65)69)96-64(95-59)48-3-8-52(9-4-48)94-53-10-6-50(7-11-53)72-61(78)15-19-82-21-23-84-25-27-86-29-31-88-33-35-90-37-39-92-41-42-93-40-38-91-36-34-89-32-30-87-28-26-85-24-22-83-20-18-70-60(77)14-17-71-63(81)56(97)45-62(79)80/h3-4,6-11,13,16,43,54-57,59,64,73,75,97H,5,12,14-15,17-42,44-47H2,1-2H3,(H,70,77)(H,71,81)(H,72,78)(H,79,80)/t54-,55?,56?,57-,59+,64+,65-,66-,67-,68+/m0/s1. The van der Waals surface area contributed by atoms with Gasteiger partial charge in [0.15, 0.2) is 29.1 Å². The number of halogens is 1. The molecule has 2 unspecified atom stereocenters. The van der Waals surface area contributed by atoms with E-state index in [4.69, 9.17) is 76.2 Å². The molecule has 1 heterocycles. The van der Waals surface area contributed by atoms with Crippen LogP contribution in [0.25, 0.3) is 0 Å². The maximum Gasteiger partial charge on any atom is 0.304 e. The number of benzene rings is 2. The van der Waals surface area contributed by atoms with Gasteiger partial charge in [0.25, 0.3) is 0 Å². The Bertz CT molecular complexity index is 2820. The number of hydrogen-bond donors (Lipinski definition) is 7. The number of fused-ring (bicyclic) bond motifs is 7. The van der Waals surface area contributed by atoms with Gasteiger partial charge < -0.3 is 102 Å².